The maximum Gasteiger partial charge on any atom is 0.343 e. The van der Waals surface area contributed by atoms with Gasteiger partial charge in [0, 0.05) is 5.02 Å². The summed E-state index contributed by atoms with van der Waals surface area (Å²) < 4.78 is 33.5. The standard InChI is InChI=1S/C30H26ClN3O5S/c1-21-8-16-27(17-9-21)40(37,38)34(28-18-25(31)13-10-22(28)2)20-29(35)33-32-19-23-11-14-26(15-12-23)39-30(36)24-6-4-3-5-7-24/h3-19H,20H2,1-2H3,(H,33,35)/b32-19-. The lowest BCUT2D eigenvalue weighted by Gasteiger charge is -2.25. The van der Waals surface area contributed by atoms with Gasteiger partial charge in [0.05, 0.1) is 22.4 Å². The van der Waals surface area contributed by atoms with Gasteiger partial charge in [-0.2, -0.15) is 5.10 Å². The summed E-state index contributed by atoms with van der Waals surface area (Å²) in [5.74, 6) is -0.780. The van der Waals surface area contributed by atoms with Crippen LogP contribution in [0.4, 0.5) is 5.69 Å². The fraction of sp³-hybridized carbons (Fsp3) is 0.100. The average Bonchev–Trinajstić information content (AvgIpc) is 2.95. The summed E-state index contributed by atoms with van der Waals surface area (Å²) in [7, 11) is -4.10. The molecular formula is C30H26ClN3O5S. The Balaban J connectivity index is 1.45. The normalized spacial score (nSPS) is 11.3. The molecule has 0 atom stereocenters. The molecule has 0 saturated carbocycles. The number of nitrogens with zero attached hydrogens (tertiary/aromatic N) is 2. The Labute approximate surface area is 237 Å². The van der Waals surface area contributed by atoms with E-state index in [1.54, 1.807) is 79.7 Å². The number of aryl methyl sites for hydroxylation is 2. The fourth-order valence-corrected chi connectivity index (χ4v) is 5.34. The van der Waals surface area contributed by atoms with Crippen LogP contribution in [0.5, 0.6) is 5.75 Å². The molecular weight excluding hydrogens is 550 g/mol. The first-order valence-electron chi connectivity index (χ1n) is 12.2. The highest BCUT2D eigenvalue weighted by Crippen LogP contribution is 2.29. The van der Waals surface area contributed by atoms with E-state index >= 15 is 0 Å². The van der Waals surface area contributed by atoms with Gasteiger partial charge in [0.15, 0.2) is 0 Å². The lowest BCUT2D eigenvalue weighted by molar-refractivity contribution is -0.119. The first kappa shape index (κ1) is 28.5. The average molecular weight is 576 g/mol. The molecule has 1 N–H and O–H groups in total. The van der Waals surface area contributed by atoms with Crippen LogP contribution < -0.4 is 14.5 Å². The summed E-state index contributed by atoms with van der Waals surface area (Å²) in [6.45, 7) is 3.06. The summed E-state index contributed by atoms with van der Waals surface area (Å²) in [6.07, 6.45) is 1.39. The fourth-order valence-electron chi connectivity index (χ4n) is 3.70. The van der Waals surface area contributed by atoms with Gasteiger partial charge in [-0.1, -0.05) is 53.6 Å². The van der Waals surface area contributed by atoms with Crippen LogP contribution in [0.15, 0.2) is 107 Å². The molecule has 4 aromatic rings. The minimum absolute atomic E-state index is 0.0434. The molecule has 0 heterocycles. The Hall–Kier alpha value is -4.47. The predicted octanol–water partition coefficient (Wildman–Crippen LogP) is 5.52. The van der Waals surface area contributed by atoms with Crippen LogP contribution in [0.3, 0.4) is 0 Å². The first-order chi connectivity index (χ1) is 19.1. The van der Waals surface area contributed by atoms with Crippen molar-refractivity contribution in [1.29, 1.82) is 0 Å². The second-order valence-electron chi connectivity index (χ2n) is 8.87. The van der Waals surface area contributed by atoms with Crippen LogP contribution in [0, 0.1) is 13.8 Å². The number of sulfonamides is 1. The van der Waals surface area contributed by atoms with Crippen molar-refractivity contribution >= 4 is 45.4 Å². The molecule has 0 aliphatic rings. The molecule has 0 aliphatic heterocycles. The maximum atomic E-state index is 13.6. The zero-order chi connectivity index (χ0) is 28.7. The van der Waals surface area contributed by atoms with Crippen molar-refractivity contribution in [3.8, 4) is 5.75 Å². The highest BCUT2D eigenvalue weighted by molar-refractivity contribution is 7.92. The zero-order valence-corrected chi connectivity index (χ0v) is 23.3. The van der Waals surface area contributed by atoms with Gasteiger partial charge < -0.3 is 4.74 Å². The van der Waals surface area contributed by atoms with Gasteiger partial charge in [-0.05, 0) is 85.6 Å². The number of anilines is 1. The Kier molecular flexibility index (Phi) is 8.98. The molecule has 1 amide bonds. The monoisotopic (exact) mass is 575 g/mol. The van der Waals surface area contributed by atoms with Gasteiger partial charge >= 0.3 is 5.97 Å². The second kappa shape index (κ2) is 12.6. The lowest BCUT2D eigenvalue weighted by Crippen LogP contribution is -2.40. The molecule has 0 saturated heterocycles. The van der Waals surface area contributed by atoms with E-state index in [1.807, 2.05) is 13.0 Å². The molecule has 204 valence electrons. The summed E-state index contributed by atoms with van der Waals surface area (Å²) in [6, 6.07) is 26.3. The molecule has 4 aromatic carbocycles. The molecule has 40 heavy (non-hydrogen) atoms. The Morgan fingerprint density at radius 1 is 0.925 bits per heavy atom. The minimum Gasteiger partial charge on any atom is -0.423 e. The van der Waals surface area contributed by atoms with E-state index in [-0.39, 0.29) is 10.6 Å². The molecule has 0 aliphatic carbocycles. The molecule has 8 nitrogen and oxygen atoms in total. The van der Waals surface area contributed by atoms with Crippen LogP contribution in [-0.2, 0) is 14.8 Å². The second-order valence-corrected chi connectivity index (χ2v) is 11.2. The van der Waals surface area contributed by atoms with Crippen molar-refractivity contribution in [3.05, 3.63) is 124 Å². The number of carbonyl (C=O) groups excluding carboxylic acids is 2. The molecule has 0 radical (unpaired) electrons. The number of carbonyl (C=O) groups is 2. The highest BCUT2D eigenvalue weighted by atomic mass is 35.5. The topological polar surface area (TPSA) is 105 Å². The van der Waals surface area contributed by atoms with Crippen LogP contribution in [0.25, 0.3) is 0 Å². The number of rotatable bonds is 9. The number of amides is 1. The molecule has 0 spiro atoms. The van der Waals surface area contributed by atoms with Gasteiger partial charge in [-0.15, -0.1) is 0 Å². The van der Waals surface area contributed by atoms with Gasteiger partial charge in [0.1, 0.15) is 12.3 Å². The molecule has 10 heteroatoms. The number of halogens is 1. The van der Waals surface area contributed by atoms with E-state index in [0.717, 1.165) is 9.87 Å². The Morgan fingerprint density at radius 2 is 1.60 bits per heavy atom. The van der Waals surface area contributed by atoms with Crippen LogP contribution in [0.2, 0.25) is 5.02 Å². The Bertz CT molecular complexity index is 1640. The van der Waals surface area contributed by atoms with Crippen molar-refractivity contribution in [2.75, 3.05) is 10.8 Å². The minimum atomic E-state index is -4.10. The van der Waals surface area contributed by atoms with Gasteiger partial charge in [-0.3, -0.25) is 9.10 Å². The van der Waals surface area contributed by atoms with E-state index < -0.39 is 28.4 Å². The van der Waals surface area contributed by atoms with Crippen molar-refractivity contribution < 1.29 is 22.7 Å². The SMILES string of the molecule is Cc1ccc(S(=O)(=O)N(CC(=O)N/N=C\c2ccc(OC(=O)c3ccccc3)cc2)c2cc(Cl)ccc2C)cc1. The van der Waals surface area contributed by atoms with E-state index in [1.165, 1.54) is 24.4 Å². The predicted molar refractivity (Wildman–Crippen MR) is 155 cm³/mol. The molecule has 0 bridgehead atoms. The third-order valence-corrected chi connectivity index (χ3v) is 7.85. The van der Waals surface area contributed by atoms with Crippen molar-refractivity contribution in [1.82, 2.24) is 5.43 Å². The van der Waals surface area contributed by atoms with E-state index in [2.05, 4.69) is 10.5 Å². The van der Waals surface area contributed by atoms with Crippen molar-refractivity contribution in [2.24, 2.45) is 5.10 Å². The van der Waals surface area contributed by atoms with E-state index in [4.69, 9.17) is 16.3 Å². The van der Waals surface area contributed by atoms with E-state index in [9.17, 15) is 18.0 Å². The first-order valence-corrected chi connectivity index (χ1v) is 14.0. The third kappa shape index (κ3) is 7.13. The smallest absolute Gasteiger partial charge is 0.343 e. The van der Waals surface area contributed by atoms with E-state index in [0.29, 0.717) is 27.5 Å². The molecule has 0 fully saturated rings. The number of hydrazone groups is 1. The summed E-state index contributed by atoms with van der Waals surface area (Å²) >= 11 is 6.16. The van der Waals surface area contributed by atoms with Gasteiger partial charge in [-0.25, -0.2) is 18.6 Å². The maximum absolute atomic E-state index is 13.6. The van der Waals surface area contributed by atoms with Crippen molar-refractivity contribution in [3.63, 3.8) is 0 Å². The largest absolute Gasteiger partial charge is 0.423 e. The number of benzene rings is 4. The quantitative estimate of drug-likeness (QED) is 0.122. The number of hydrogen-bond donors (Lipinski definition) is 1. The molecule has 0 unspecified atom stereocenters. The summed E-state index contributed by atoms with van der Waals surface area (Å²) in [4.78, 5) is 25.1. The molecule has 4 rings (SSSR count). The summed E-state index contributed by atoms with van der Waals surface area (Å²) in [5.41, 5.74) is 5.24. The van der Waals surface area contributed by atoms with Gasteiger partial charge in [0.25, 0.3) is 15.9 Å². The van der Waals surface area contributed by atoms with Crippen LogP contribution in [0.1, 0.15) is 27.0 Å². The lowest BCUT2D eigenvalue weighted by atomic mass is 10.2. The van der Waals surface area contributed by atoms with Crippen LogP contribution >= 0.6 is 11.6 Å². The number of esters is 1. The number of ether oxygens (including phenoxy) is 1. The van der Waals surface area contributed by atoms with Crippen molar-refractivity contribution in [2.45, 2.75) is 18.7 Å². The zero-order valence-electron chi connectivity index (χ0n) is 21.7. The Morgan fingerprint density at radius 3 is 2.27 bits per heavy atom. The number of nitrogens with one attached hydrogen (secondary N) is 1. The summed E-state index contributed by atoms with van der Waals surface area (Å²) in [5, 5.41) is 4.29. The highest BCUT2D eigenvalue weighted by Gasteiger charge is 2.28. The van der Waals surface area contributed by atoms with Crippen LogP contribution in [-0.4, -0.2) is 33.1 Å². The number of hydrogen-bond acceptors (Lipinski definition) is 6. The molecule has 0 aromatic heterocycles. The third-order valence-electron chi connectivity index (χ3n) is 5.84. The van der Waals surface area contributed by atoms with Gasteiger partial charge in [0.2, 0.25) is 0 Å².